The van der Waals surface area contributed by atoms with Crippen LogP contribution in [0.4, 0.5) is 5.82 Å². The highest BCUT2D eigenvalue weighted by Crippen LogP contribution is 2.39. The molecule has 0 aliphatic heterocycles. The number of aromatic nitrogens is 4. The van der Waals surface area contributed by atoms with Gasteiger partial charge in [0, 0.05) is 31.8 Å². The number of hydrogen-bond acceptors (Lipinski definition) is 5. The second-order valence-corrected chi connectivity index (χ2v) is 6.20. The molecule has 2 aromatic rings. The van der Waals surface area contributed by atoms with Crippen molar-refractivity contribution < 1.29 is 0 Å². The highest BCUT2D eigenvalue weighted by molar-refractivity contribution is 7.99. The summed E-state index contributed by atoms with van der Waals surface area (Å²) in [6, 6.07) is 2.03. The second kappa shape index (κ2) is 5.83. The van der Waals surface area contributed by atoms with Crippen LogP contribution in [-0.2, 0) is 7.05 Å². The molecular weight excluding hydrogens is 270 g/mol. The average molecular weight is 289 g/mol. The molecule has 0 spiro atoms. The van der Waals surface area contributed by atoms with E-state index in [2.05, 4.69) is 27.3 Å². The van der Waals surface area contributed by atoms with Crippen molar-refractivity contribution in [3.05, 3.63) is 24.3 Å². The van der Waals surface area contributed by atoms with Crippen molar-refractivity contribution in [3.8, 4) is 0 Å². The first-order valence-corrected chi connectivity index (χ1v) is 7.85. The van der Waals surface area contributed by atoms with Gasteiger partial charge in [0.15, 0.2) is 0 Å². The van der Waals surface area contributed by atoms with Crippen LogP contribution in [0, 0.1) is 0 Å². The predicted molar refractivity (Wildman–Crippen MR) is 80.1 cm³/mol. The zero-order chi connectivity index (χ0) is 13.9. The first-order valence-electron chi connectivity index (χ1n) is 7.04. The van der Waals surface area contributed by atoms with Gasteiger partial charge in [0.2, 0.25) is 0 Å². The molecular formula is C14H19N5S. The molecule has 1 fully saturated rings. The van der Waals surface area contributed by atoms with Crippen LogP contribution in [0.5, 0.6) is 0 Å². The van der Waals surface area contributed by atoms with Gasteiger partial charge in [-0.2, -0.15) is 5.10 Å². The van der Waals surface area contributed by atoms with Gasteiger partial charge in [0.1, 0.15) is 16.7 Å². The molecule has 0 aromatic carbocycles. The summed E-state index contributed by atoms with van der Waals surface area (Å²) >= 11 is 1.64. The summed E-state index contributed by atoms with van der Waals surface area (Å²) < 4.78 is 1.81. The third kappa shape index (κ3) is 3.30. The zero-order valence-electron chi connectivity index (χ0n) is 11.8. The molecule has 0 atom stereocenters. The van der Waals surface area contributed by atoms with Gasteiger partial charge in [-0.05, 0) is 19.3 Å². The molecule has 3 rings (SSSR count). The number of aryl methyl sites for hydroxylation is 1. The lowest BCUT2D eigenvalue weighted by Gasteiger charge is -2.08. The summed E-state index contributed by atoms with van der Waals surface area (Å²) in [5.41, 5.74) is 0. The Morgan fingerprint density at radius 2 is 2.25 bits per heavy atom. The van der Waals surface area contributed by atoms with Crippen LogP contribution in [0.25, 0.3) is 0 Å². The molecule has 0 amide bonds. The quantitative estimate of drug-likeness (QED) is 0.828. The summed E-state index contributed by atoms with van der Waals surface area (Å²) in [5.74, 6) is 2.49. The third-order valence-corrected chi connectivity index (χ3v) is 3.99. The average Bonchev–Trinajstić information content (AvgIpc) is 3.21. The fraction of sp³-hybridized carbons (Fsp3) is 0.500. The number of nitrogens with zero attached hydrogens (tertiary/aromatic N) is 4. The van der Waals surface area contributed by atoms with Crippen molar-refractivity contribution in [2.75, 3.05) is 11.9 Å². The van der Waals surface area contributed by atoms with Crippen molar-refractivity contribution in [3.63, 3.8) is 0 Å². The van der Waals surface area contributed by atoms with Crippen molar-refractivity contribution in [2.45, 2.75) is 42.0 Å². The number of rotatable bonds is 6. The molecule has 5 nitrogen and oxygen atoms in total. The van der Waals surface area contributed by atoms with Gasteiger partial charge >= 0.3 is 0 Å². The van der Waals surface area contributed by atoms with E-state index in [9.17, 15) is 0 Å². The van der Waals surface area contributed by atoms with Crippen molar-refractivity contribution in [1.82, 2.24) is 19.7 Å². The molecule has 0 saturated heterocycles. The Bertz CT molecular complexity index is 591. The number of nitrogens with one attached hydrogen (secondary N) is 1. The highest BCUT2D eigenvalue weighted by Gasteiger charge is 2.27. The summed E-state index contributed by atoms with van der Waals surface area (Å²) in [5, 5.41) is 8.55. The smallest absolute Gasteiger partial charge is 0.135 e. The van der Waals surface area contributed by atoms with E-state index in [1.165, 1.54) is 12.8 Å². The highest BCUT2D eigenvalue weighted by atomic mass is 32.2. The molecule has 0 radical (unpaired) electrons. The van der Waals surface area contributed by atoms with Crippen LogP contribution < -0.4 is 5.32 Å². The number of hydrogen-bond donors (Lipinski definition) is 1. The minimum absolute atomic E-state index is 0.562. The van der Waals surface area contributed by atoms with E-state index in [0.717, 1.165) is 34.5 Å². The predicted octanol–water partition coefficient (Wildman–Crippen LogP) is 3.06. The van der Waals surface area contributed by atoms with Crippen LogP contribution >= 0.6 is 11.8 Å². The Morgan fingerprint density at radius 3 is 2.90 bits per heavy atom. The van der Waals surface area contributed by atoms with Crippen molar-refractivity contribution in [1.29, 1.82) is 0 Å². The van der Waals surface area contributed by atoms with E-state index in [4.69, 9.17) is 0 Å². The van der Waals surface area contributed by atoms with Gasteiger partial charge in [0.05, 0.1) is 11.1 Å². The molecule has 1 aliphatic rings. The topological polar surface area (TPSA) is 55.6 Å². The molecule has 20 heavy (non-hydrogen) atoms. The lowest BCUT2D eigenvalue weighted by atomic mass is 10.4. The van der Waals surface area contributed by atoms with Gasteiger partial charge in [-0.1, -0.05) is 18.7 Å². The minimum Gasteiger partial charge on any atom is -0.370 e. The van der Waals surface area contributed by atoms with Gasteiger partial charge in [0.25, 0.3) is 0 Å². The SMILES string of the molecule is CCCNc1cc(Sc2cnn(C)c2)nc(C2CC2)n1. The van der Waals surface area contributed by atoms with E-state index < -0.39 is 0 Å². The zero-order valence-corrected chi connectivity index (χ0v) is 12.7. The summed E-state index contributed by atoms with van der Waals surface area (Å²) in [6.07, 6.45) is 7.39. The van der Waals surface area contributed by atoms with Crippen molar-refractivity contribution >= 4 is 17.6 Å². The number of anilines is 1. The second-order valence-electron chi connectivity index (χ2n) is 5.10. The fourth-order valence-corrected chi connectivity index (χ4v) is 2.79. The molecule has 106 valence electrons. The lowest BCUT2D eigenvalue weighted by Crippen LogP contribution is -2.05. The molecule has 6 heteroatoms. The Morgan fingerprint density at radius 1 is 1.40 bits per heavy atom. The van der Waals surface area contributed by atoms with E-state index in [1.54, 1.807) is 11.8 Å². The van der Waals surface area contributed by atoms with Crippen molar-refractivity contribution in [2.24, 2.45) is 7.05 Å². The maximum atomic E-state index is 4.68. The van der Waals surface area contributed by atoms with Gasteiger partial charge in [-0.25, -0.2) is 9.97 Å². The Hall–Kier alpha value is -1.56. The standard InChI is InChI=1S/C14H19N5S/c1-3-6-15-12-7-13(18-14(17-12)10-4-5-10)20-11-8-16-19(2)9-11/h7-10H,3-6H2,1-2H3,(H,15,17,18). The van der Waals surface area contributed by atoms with Crippen LogP contribution in [0.3, 0.4) is 0 Å². The van der Waals surface area contributed by atoms with Gasteiger partial charge < -0.3 is 5.32 Å². The lowest BCUT2D eigenvalue weighted by molar-refractivity contribution is 0.766. The summed E-state index contributed by atoms with van der Waals surface area (Å²) in [4.78, 5) is 10.4. The van der Waals surface area contributed by atoms with E-state index in [0.29, 0.717) is 5.92 Å². The summed E-state index contributed by atoms with van der Waals surface area (Å²) in [6.45, 7) is 3.10. The third-order valence-electron chi connectivity index (χ3n) is 3.12. The van der Waals surface area contributed by atoms with E-state index in [-0.39, 0.29) is 0 Å². The maximum Gasteiger partial charge on any atom is 0.135 e. The maximum absolute atomic E-state index is 4.68. The normalized spacial score (nSPS) is 14.5. The van der Waals surface area contributed by atoms with Crippen LogP contribution in [0.15, 0.2) is 28.4 Å². The largest absolute Gasteiger partial charge is 0.370 e. The fourth-order valence-electron chi connectivity index (χ4n) is 1.94. The Kier molecular flexibility index (Phi) is 3.91. The van der Waals surface area contributed by atoms with Crippen LogP contribution in [-0.4, -0.2) is 26.3 Å². The molecule has 1 saturated carbocycles. The Balaban J connectivity index is 1.82. The van der Waals surface area contributed by atoms with E-state index >= 15 is 0 Å². The monoisotopic (exact) mass is 289 g/mol. The van der Waals surface area contributed by atoms with Gasteiger partial charge in [-0.15, -0.1) is 0 Å². The molecule has 2 aromatic heterocycles. The first kappa shape index (κ1) is 13.4. The minimum atomic E-state index is 0.562. The molecule has 0 bridgehead atoms. The summed E-state index contributed by atoms with van der Waals surface area (Å²) in [7, 11) is 1.92. The molecule has 1 aliphatic carbocycles. The van der Waals surface area contributed by atoms with Gasteiger partial charge in [-0.3, -0.25) is 4.68 Å². The molecule has 1 N–H and O–H groups in total. The van der Waals surface area contributed by atoms with Crippen LogP contribution in [0.1, 0.15) is 37.9 Å². The van der Waals surface area contributed by atoms with E-state index in [1.807, 2.05) is 30.2 Å². The first-order chi connectivity index (χ1) is 9.74. The Labute approximate surface area is 123 Å². The van der Waals surface area contributed by atoms with Crippen LogP contribution in [0.2, 0.25) is 0 Å². The molecule has 2 heterocycles. The molecule has 0 unspecified atom stereocenters.